The normalized spacial score (nSPS) is 26.1. The van der Waals surface area contributed by atoms with E-state index < -0.39 is 0 Å². The third-order valence-electron chi connectivity index (χ3n) is 3.79. The molecule has 1 aliphatic heterocycles. The van der Waals surface area contributed by atoms with Gasteiger partial charge in [-0.2, -0.15) is 4.37 Å². The number of nitrogens with zero attached hydrogens (tertiary/aromatic N) is 3. The van der Waals surface area contributed by atoms with Crippen molar-refractivity contribution in [2.75, 3.05) is 25.5 Å². The smallest absolute Gasteiger partial charge is 0.202 e. The summed E-state index contributed by atoms with van der Waals surface area (Å²) in [5.74, 6) is 1.73. The van der Waals surface area contributed by atoms with E-state index in [0.29, 0.717) is 12.0 Å². The fourth-order valence-electron chi connectivity index (χ4n) is 2.42. The molecule has 0 bridgehead atoms. The molecule has 17 heavy (non-hydrogen) atoms. The van der Waals surface area contributed by atoms with Crippen LogP contribution in [0.3, 0.4) is 0 Å². The summed E-state index contributed by atoms with van der Waals surface area (Å²) in [4.78, 5) is 7.02. The summed E-state index contributed by atoms with van der Waals surface area (Å²) in [5.41, 5.74) is 0. The van der Waals surface area contributed by atoms with Crippen molar-refractivity contribution in [3.63, 3.8) is 0 Å². The highest BCUT2D eigenvalue weighted by Gasteiger charge is 2.28. The van der Waals surface area contributed by atoms with Crippen LogP contribution in [0.15, 0.2) is 0 Å². The molecule has 94 valence electrons. The average molecular weight is 252 g/mol. The van der Waals surface area contributed by atoms with Crippen molar-refractivity contribution in [1.29, 1.82) is 0 Å². The van der Waals surface area contributed by atoms with Crippen LogP contribution in [0.25, 0.3) is 0 Å². The Kier molecular flexibility index (Phi) is 3.29. The molecule has 0 amide bonds. The van der Waals surface area contributed by atoms with E-state index in [1.54, 1.807) is 0 Å². The lowest BCUT2D eigenvalue weighted by molar-refractivity contribution is 0.194. The van der Waals surface area contributed by atoms with Crippen LogP contribution in [-0.2, 0) is 0 Å². The molecule has 5 heteroatoms. The average Bonchev–Trinajstić information content (AvgIpc) is 3.08. The molecule has 2 heterocycles. The maximum Gasteiger partial charge on any atom is 0.202 e. The Balaban J connectivity index is 1.51. The predicted molar refractivity (Wildman–Crippen MR) is 70.6 cm³/mol. The van der Waals surface area contributed by atoms with E-state index in [2.05, 4.69) is 26.6 Å². The van der Waals surface area contributed by atoms with Crippen LogP contribution in [0, 0.1) is 0 Å². The van der Waals surface area contributed by atoms with Gasteiger partial charge in [-0.1, -0.05) is 6.42 Å². The van der Waals surface area contributed by atoms with E-state index in [-0.39, 0.29) is 0 Å². The van der Waals surface area contributed by atoms with Crippen LogP contribution in [0.4, 0.5) is 5.13 Å². The highest BCUT2D eigenvalue weighted by Crippen LogP contribution is 2.39. The molecule has 1 N–H and O–H groups in total. The van der Waals surface area contributed by atoms with Crippen LogP contribution in [0.5, 0.6) is 0 Å². The lowest BCUT2D eigenvalue weighted by Gasteiger charge is -2.32. The Labute approximate surface area is 107 Å². The second-order valence-corrected chi connectivity index (χ2v) is 5.99. The van der Waals surface area contributed by atoms with E-state index in [0.717, 1.165) is 17.5 Å². The molecular weight excluding hydrogens is 232 g/mol. The number of anilines is 1. The first-order chi connectivity index (χ1) is 8.33. The first-order valence-electron chi connectivity index (χ1n) is 6.60. The van der Waals surface area contributed by atoms with Crippen molar-refractivity contribution in [3.05, 3.63) is 5.82 Å². The van der Waals surface area contributed by atoms with Gasteiger partial charge in [0.2, 0.25) is 5.13 Å². The van der Waals surface area contributed by atoms with Gasteiger partial charge in [-0.15, -0.1) is 0 Å². The third-order valence-corrected chi connectivity index (χ3v) is 4.48. The van der Waals surface area contributed by atoms with Gasteiger partial charge in [0.1, 0.15) is 5.82 Å². The number of hydrogen-bond acceptors (Lipinski definition) is 5. The van der Waals surface area contributed by atoms with Gasteiger partial charge in [-0.25, -0.2) is 4.98 Å². The van der Waals surface area contributed by atoms with Crippen LogP contribution in [-0.4, -0.2) is 40.4 Å². The lowest BCUT2D eigenvalue weighted by atomic mass is 10.0. The summed E-state index contributed by atoms with van der Waals surface area (Å²) in [6.45, 7) is 2.24. The summed E-state index contributed by atoms with van der Waals surface area (Å²) in [6.07, 6.45) is 6.57. The second-order valence-electron chi connectivity index (χ2n) is 5.24. The molecule has 0 aromatic carbocycles. The van der Waals surface area contributed by atoms with Crippen molar-refractivity contribution in [3.8, 4) is 0 Å². The zero-order chi connectivity index (χ0) is 11.7. The van der Waals surface area contributed by atoms with Crippen molar-refractivity contribution in [2.45, 2.75) is 44.1 Å². The maximum atomic E-state index is 4.56. The quantitative estimate of drug-likeness (QED) is 0.893. The lowest BCUT2D eigenvalue weighted by Crippen LogP contribution is -2.40. The SMILES string of the molecule is CN1CCCCC1CNc1nc(C2CC2)ns1. The van der Waals surface area contributed by atoms with E-state index in [1.807, 2.05) is 0 Å². The van der Waals surface area contributed by atoms with Crippen LogP contribution >= 0.6 is 11.5 Å². The summed E-state index contributed by atoms with van der Waals surface area (Å²) in [6, 6.07) is 0.664. The molecule has 1 unspecified atom stereocenters. The molecule has 1 atom stereocenters. The molecule has 1 aromatic heterocycles. The number of likely N-dealkylation sites (N-methyl/N-ethyl adjacent to an activating group) is 1. The highest BCUT2D eigenvalue weighted by atomic mass is 32.1. The second kappa shape index (κ2) is 4.90. The molecule has 1 saturated heterocycles. The predicted octanol–water partition coefficient (Wildman–Crippen LogP) is 2.31. The Morgan fingerprint density at radius 1 is 1.35 bits per heavy atom. The third kappa shape index (κ3) is 2.77. The van der Waals surface area contributed by atoms with Crippen molar-refractivity contribution in [2.24, 2.45) is 0 Å². The van der Waals surface area contributed by atoms with Gasteiger partial charge in [0.15, 0.2) is 0 Å². The zero-order valence-corrected chi connectivity index (χ0v) is 11.2. The molecule has 0 spiro atoms. The Morgan fingerprint density at radius 2 is 2.24 bits per heavy atom. The summed E-state index contributed by atoms with van der Waals surface area (Å²) < 4.78 is 4.42. The first-order valence-corrected chi connectivity index (χ1v) is 7.38. The van der Waals surface area contributed by atoms with E-state index in [9.17, 15) is 0 Å². The monoisotopic (exact) mass is 252 g/mol. The topological polar surface area (TPSA) is 41.0 Å². The summed E-state index contributed by atoms with van der Waals surface area (Å²) >= 11 is 1.52. The van der Waals surface area contributed by atoms with Gasteiger partial charge in [0.25, 0.3) is 0 Å². The number of rotatable bonds is 4. The van der Waals surface area contributed by atoms with Gasteiger partial charge in [0, 0.05) is 30.0 Å². The molecule has 1 aromatic rings. The number of hydrogen-bond donors (Lipinski definition) is 1. The minimum Gasteiger partial charge on any atom is -0.359 e. The molecule has 4 nitrogen and oxygen atoms in total. The molecule has 1 aliphatic carbocycles. The van der Waals surface area contributed by atoms with E-state index in [1.165, 1.54) is 50.2 Å². The standard InChI is InChI=1S/C12H20N4S/c1-16-7-3-2-4-10(16)8-13-12-14-11(15-17-12)9-5-6-9/h9-10H,2-8H2,1H3,(H,13,14,15). The number of nitrogens with one attached hydrogen (secondary N) is 1. The molecule has 2 aliphatic rings. The largest absolute Gasteiger partial charge is 0.359 e. The van der Waals surface area contributed by atoms with Crippen molar-refractivity contribution in [1.82, 2.24) is 14.3 Å². The van der Waals surface area contributed by atoms with E-state index >= 15 is 0 Å². The minimum atomic E-state index is 0.664. The Morgan fingerprint density at radius 3 is 3.00 bits per heavy atom. The summed E-state index contributed by atoms with van der Waals surface area (Å²) in [5, 5.41) is 4.46. The molecular formula is C12H20N4S. The maximum absolute atomic E-state index is 4.56. The van der Waals surface area contributed by atoms with Gasteiger partial charge in [-0.05, 0) is 39.3 Å². The van der Waals surface area contributed by atoms with Crippen molar-refractivity contribution < 1.29 is 0 Å². The number of likely N-dealkylation sites (tertiary alicyclic amines) is 1. The van der Waals surface area contributed by atoms with Crippen molar-refractivity contribution >= 4 is 16.7 Å². The van der Waals surface area contributed by atoms with E-state index in [4.69, 9.17) is 0 Å². The highest BCUT2D eigenvalue weighted by molar-refractivity contribution is 7.09. The summed E-state index contributed by atoms with van der Waals surface area (Å²) in [7, 11) is 2.22. The molecule has 3 rings (SSSR count). The number of piperidine rings is 1. The number of aromatic nitrogens is 2. The van der Waals surface area contributed by atoms with Gasteiger partial charge in [0.05, 0.1) is 0 Å². The zero-order valence-electron chi connectivity index (χ0n) is 10.4. The van der Waals surface area contributed by atoms with Crippen LogP contribution in [0.2, 0.25) is 0 Å². The minimum absolute atomic E-state index is 0.664. The first kappa shape index (κ1) is 11.4. The molecule has 2 fully saturated rings. The van der Waals surface area contributed by atoms with Gasteiger partial charge >= 0.3 is 0 Å². The van der Waals surface area contributed by atoms with Gasteiger partial charge < -0.3 is 10.2 Å². The van der Waals surface area contributed by atoms with Crippen LogP contribution < -0.4 is 5.32 Å². The van der Waals surface area contributed by atoms with Gasteiger partial charge in [-0.3, -0.25) is 0 Å². The molecule has 1 saturated carbocycles. The Bertz CT molecular complexity index is 374. The Hall–Kier alpha value is -0.680. The van der Waals surface area contributed by atoms with Crippen LogP contribution in [0.1, 0.15) is 43.8 Å². The molecule has 0 radical (unpaired) electrons. The fraction of sp³-hybridized carbons (Fsp3) is 0.833. The fourth-order valence-corrected chi connectivity index (χ4v) is 3.07.